The molecule has 21 heavy (non-hydrogen) atoms. The highest BCUT2D eigenvalue weighted by Crippen LogP contribution is 2.29. The first kappa shape index (κ1) is 14.2. The van der Waals surface area contributed by atoms with Crippen LogP contribution in [-0.4, -0.2) is 24.7 Å². The van der Waals surface area contributed by atoms with Crippen LogP contribution in [-0.2, 0) is 16.6 Å². The Bertz CT molecular complexity index is 730. The van der Waals surface area contributed by atoms with Crippen molar-refractivity contribution in [2.24, 2.45) is 0 Å². The predicted octanol–water partition coefficient (Wildman–Crippen LogP) is 1.67. The van der Waals surface area contributed by atoms with Crippen molar-refractivity contribution in [2.45, 2.75) is 44.2 Å². The van der Waals surface area contributed by atoms with E-state index >= 15 is 0 Å². The number of aromatic nitrogens is 2. The van der Waals surface area contributed by atoms with Crippen LogP contribution in [0.1, 0.15) is 29.9 Å². The van der Waals surface area contributed by atoms with Crippen LogP contribution in [0.2, 0.25) is 0 Å². The largest absolute Gasteiger partial charge is 0.465 e. The Kier molecular flexibility index (Phi) is 3.50. The normalized spacial score (nSPS) is 15.3. The summed E-state index contributed by atoms with van der Waals surface area (Å²) in [5.41, 5.74) is 1.09. The zero-order valence-corrected chi connectivity index (χ0v) is 12.8. The van der Waals surface area contributed by atoms with Gasteiger partial charge in [-0.2, -0.15) is 5.10 Å². The van der Waals surface area contributed by atoms with Gasteiger partial charge in [-0.25, -0.2) is 8.42 Å². The number of H-pyrrole nitrogens is 1. The molecule has 3 rings (SSSR count). The van der Waals surface area contributed by atoms with Gasteiger partial charge in [0.25, 0.3) is 10.0 Å². The van der Waals surface area contributed by atoms with Crippen LogP contribution < -0.4 is 10.0 Å². The molecular weight excluding hydrogens is 292 g/mol. The minimum atomic E-state index is -3.69. The number of furan rings is 1. The highest BCUT2D eigenvalue weighted by atomic mass is 32.2. The Balaban J connectivity index is 1.91. The van der Waals surface area contributed by atoms with Crippen molar-refractivity contribution in [3.63, 3.8) is 0 Å². The fourth-order valence-corrected chi connectivity index (χ4v) is 3.80. The van der Waals surface area contributed by atoms with Gasteiger partial charge in [-0.05, 0) is 26.7 Å². The van der Waals surface area contributed by atoms with Crippen LogP contribution in [0.3, 0.4) is 0 Å². The summed E-state index contributed by atoms with van der Waals surface area (Å²) in [4.78, 5) is 0.217. The number of rotatable bonds is 6. The maximum Gasteiger partial charge on any atom is 0.265 e. The molecule has 2 aromatic rings. The molecule has 3 N–H and O–H groups in total. The Morgan fingerprint density at radius 1 is 1.38 bits per heavy atom. The van der Waals surface area contributed by atoms with E-state index in [-0.39, 0.29) is 4.90 Å². The van der Waals surface area contributed by atoms with Crippen molar-refractivity contribution in [3.8, 4) is 0 Å². The fourth-order valence-electron chi connectivity index (χ4n) is 2.31. The standard InChI is InChI=1S/C13H18N4O3S/c1-8-12(7-14-10-3-4-10)13(9(2)20-8)21(18,19)17-11-5-15-16-6-11/h5-6,10,14,17H,3-4,7H2,1-2H3,(H,15,16). The molecule has 1 aliphatic rings. The highest BCUT2D eigenvalue weighted by molar-refractivity contribution is 7.92. The molecule has 8 heteroatoms. The number of aromatic amines is 1. The van der Waals surface area contributed by atoms with E-state index in [0.717, 1.165) is 12.8 Å². The van der Waals surface area contributed by atoms with Crippen molar-refractivity contribution < 1.29 is 12.8 Å². The first-order chi connectivity index (χ1) is 9.97. The van der Waals surface area contributed by atoms with E-state index in [2.05, 4.69) is 20.2 Å². The lowest BCUT2D eigenvalue weighted by Crippen LogP contribution is -2.20. The lowest BCUT2D eigenvalue weighted by molar-refractivity contribution is 0.493. The quantitative estimate of drug-likeness (QED) is 0.753. The van der Waals surface area contributed by atoms with Crippen molar-refractivity contribution in [2.75, 3.05) is 4.72 Å². The molecule has 0 aliphatic heterocycles. The monoisotopic (exact) mass is 310 g/mol. The van der Waals surface area contributed by atoms with Crippen LogP contribution in [0.25, 0.3) is 0 Å². The fraction of sp³-hybridized carbons (Fsp3) is 0.462. The van der Waals surface area contributed by atoms with Crippen LogP contribution in [0.4, 0.5) is 5.69 Å². The Morgan fingerprint density at radius 2 is 2.14 bits per heavy atom. The zero-order chi connectivity index (χ0) is 15.0. The molecule has 0 radical (unpaired) electrons. The summed E-state index contributed by atoms with van der Waals surface area (Å²) in [5, 5.41) is 9.63. The van der Waals surface area contributed by atoms with Crippen molar-refractivity contribution in [1.29, 1.82) is 0 Å². The number of nitrogens with one attached hydrogen (secondary N) is 3. The van der Waals surface area contributed by atoms with Crippen molar-refractivity contribution in [3.05, 3.63) is 29.5 Å². The van der Waals surface area contributed by atoms with Gasteiger partial charge in [-0.3, -0.25) is 9.82 Å². The minimum Gasteiger partial charge on any atom is -0.465 e. The summed E-state index contributed by atoms with van der Waals surface area (Å²) in [6.07, 6.45) is 5.19. The molecule has 7 nitrogen and oxygen atoms in total. The van der Waals surface area contributed by atoms with Gasteiger partial charge in [0.1, 0.15) is 16.4 Å². The first-order valence-corrected chi connectivity index (χ1v) is 8.29. The summed E-state index contributed by atoms with van der Waals surface area (Å²) in [7, 11) is -3.69. The zero-order valence-electron chi connectivity index (χ0n) is 11.9. The van der Waals surface area contributed by atoms with Crippen LogP contribution in [0, 0.1) is 13.8 Å². The van der Waals surface area contributed by atoms with E-state index in [0.29, 0.717) is 35.4 Å². The number of hydrogen-bond donors (Lipinski definition) is 3. The number of sulfonamides is 1. The summed E-state index contributed by atoms with van der Waals surface area (Å²) < 4.78 is 33.2. The van der Waals surface area contributed by atoms with Gasteiger partial charge >= 0.3 is 0 Å². The lowest BCUT2D eigenvalue weighted by Gasteiger charge is -2.08. The third kappa shape index (κ3) is 2.96. The van der Waals surface area contributed by atoms with Gasteiger partial charge in [0, 0.05) is 24.3 Å². The molecule has 1 saturated carbocycles. The van der Waals surface area contributed by atoms with Gasteiger partial charge in [0.05, 0.1) is 11.9 Å². The molecule has 1 fully saturated rings. The molecule has 0 unspecified atom stereocenters. The van der Waals surface area contributed by atoms with Crippen LogP contribution in [0.15, 0.2) is 21.7 Å². The summed E-state index contributed by atoms with van der Waals surface area (Å²) in [6.45, 7) is 3.95. The molecule has 0 saturated heterocycles. The summed E-state index contributed by atoms with van der Waals surface area (Å²) in [6, 6.07) is 0.497. The average molecular weight is 310 g/mol. The van der Waals surface area contributed by atoms with E-state index < -0.39 is 10.0 Å². The molecule has 114 valence electrons. The second kappa shape index (κ2) is 5.19. The summed E-state index contributed by atoms with van der Waals surface area (Å²) in [5.74, 6) is 1.03. The molecule has 0 amide bonds. The van der Waals surface area contributed by atoms with Gasteiger partial charge in [0.2, 0.25) is 0 Å². The number of nitrogens with zero attached hydrogens (tertiary/aromatic N) is 1. The molecule has 0 aromatic carbocycles. The van der Waals surface area contributed by atoms with Gasteiger partial charge in [-0.15, -0.1) is 0 Å². The van der Waals surface area contributed by atoms with E-state index in [1.54, 1.807) is 13.8 Å². The number of aryl methyl sites for hydroxylation is 2. The summed E-state index contributed by atoms with van der Waals surface area (Å²) >= 11 is 0. The van der Waals surface area contributed by atoms with E-state index in [9.17, 15) is 8.42 Å². The molecule has 1 aliphatic carbocycles. The molecule has 0 spiro atoms. The average Bonchev–Trinajstić information content (AvgIpc) is 3.00. The number of anilines is 1. The second-order valence-corrected chi connectivity index (χ2v) is 6.89. The Morgan fingerprint density at radius 3 is 2.76 bits per heavy atom. The number of hydrogen-bond acceptors (Lipinski definition) is 5. The molecule has 2 aromatic heterocycles. The van der Waals surface area contributed by atoms with E-state index in [4.69, 9.17) is 4.42 Å². The van der Waals surface area contributed by atoms with Crippen LogP contribution >= 0.6 is 0 Å². The molecule has 0 atom stereocenters. The topological polar surface area (TPSA) is 100 Å². The SMILES string of the molecule is Cc1oc(C)c(S(=O)(=O)Nc2cn[nH]c2)c1CNC1CC1. The van der Waals surface area contributed by atoms with Gasteiger partial charge < -0.3 is 9.73 Å². The third-order valence-corrected chi connectivity index (χ3v) is 5.06. The predicted molar refractivity (Wildman–Crippen MR) is 77.4 cm³/mol. The van der Waals surface area contributed by atoms with Gasteiger partial charge in [-0.1, -0.05) is 0 Å². The third-order valence-electron chi connectivity index (χ3n) is 3.49. The van der Waals surface area contributed by atoms with E-state index in [1.807, 2.05) is 0 Å². The highest BCUT2D eigenvalue weighted by Gasteiger charge is 2.29. The maximum absolute atomic E-state index is 12.6. The minimum absolute atomic E-state index is 0.217. The first-order valence-electron chi connectivity index (χ1n) is 6.81. The van der Waals surface area contributed by atoms with Gasteiger partial charge in [0.15, 0.2) is 0 Å². The maximum atomic E-state index is 12.6. The second-order valence-electron chi connectivity index (χ2n) is 5.27. The van der Waals surface area contributed by atoms with Crippen molar-refractivity contribution in [1.82, 2.24) is 15.5 Å². The Labute approximate surface area is 123 Å². The molecule has 2 heterocycles. The Hall–Kier alpha value is -1.80. The molecule has 0 bridgehead atoms. The smallest absolute Gasteiger partial charge is 0.265 e. The molecular formula is C13H18N4O3S. The lowest BCUT2D eigenvalue weighted by atomic mass is 10.2. The van der Waals surface area contributed by atoms with Crippen LogP contribution in [0.5, 0.6) is 0 Å². The van der Waals surface area contributed by atoms with E-state index in [1.165, 1.54) is 12.4 Å². The van der Waals surface area contributed by atoms with Crippen molar-refractivity contribution >= 4 is 15.7 Å².